The Bertz CT molecular complexity index is 241. The fraction of sp³-hybridized carbons (Fsp3) is 1.00. The first-order chi connectivity index (χ1) is 10.2. The molecule has 0 aromatic rings. The second-order valence-corrected chi connectivity index (χ2v) is 8.20. The average molecular weight is 294 g/mol. The van der Waals surface area contributed by atoms with Crippen LogP contribution in [0.15, 0.2) is 0 Å². The van der Waals surface area contributed by atoms with E-state index in [-0.39, 0.29) is 0 Å². The van der Waals surface area contributed by atoms with E-state index in [1.807, 2.05) is 0 Å². The fourth-order valence-electron chi connectivity index (χ4n) is 4.44. The average Bonchev–Trinajstić information content (AvgIpc) is 2.45. The molecule has 0 heterocycles. The topological polar surface area (TPSA) is 12.0 Å². The lowest BCUT2D eigenvalue weighted by atomic mass is 9.88. The molecule has 1 N–H and O–H groups in total. The zero-order valence-corrected chi connectivity index (χ0v) is 14.7. The highest BCUT2D eigenvalue weighted by Crippen LogP contribution is 2.25. The van der Waals surface area contributed by atoms with Gasteiger partial charge in [-0.3, -0.25) is 0 Å². The van der Waals surface area contributed by atoms with Gasteiger partial charge in [0, 0.05) is 12.1 Å². The molecule has 0 unspecified atom stereocenters. The van der Waals surface area contributed by atoms with Gasteiger partial charge in [-0.1, -0.05) is 78.1 Å². The van der Waals surface area contributed by atoms with Crippen LogP contribution in [-0.2, 0) is 0 Å². The maximum atomic E-state index is 4.07. The third-order valence-electron chi connectivity index (χ3n) is 5.97. The van der Waals surface area contributed by atoms with Crippen LogP contribution < -0.4 is 5.32 Å². The van der Waals surface area contributed by atoms with E-state index >= 15 is 0 Å². The van der Waals surface area contributed by atoms with Crippen LogP contribution in [0.4, 0.5) is 0 Å². The van der Waals surface area contributed by atoms with Crippen molar-refractivity contribution in [3.05, 3.63) is 0 Å². The minimum Gasteiger partial charge on any atom is -0.311 e. The summed E-state index contributed by atoms with van der Waals surface area (Å²) in [5.41, 5.74) is 0. The Morgan fingerprint density at radius 2 is 0.810 bits per heavy atom. The first-order valence-electron chi connectivity index (χ1n) is 10.00. The second-order valence-electron chi connectivity index (χ2n) is 8.20. The van der Waals surface area contributed by atoms with Crippen molar-refractivity contribution < 1.29 is 0 Å². The Balaban J connectivity index is 1.73. The number of nitrogens with one attached hydrogen (secondary N) is 1. The van der Waals surface area contributed by atoms with Gasteiger partial charge in [0.15, 0.2) is 0 Å². The van der Waals surface area contributed by atoms with Crippen molar-refractivity contribution >= 4 is 0 Å². The van der Waals surface area contributed by atoms with Crippen LogP contribution in [0.2, 0.25) is 0 Å². The highest BCUT2D eigenvalue weighted by molar-refractivity contribution is 4.78. The molecule has 0 aromatic heterocycles. The summed E-state index contributed by atoms with van der Waals surface area (Å²) in [5.74, 6) is 1.95. The lowest BCUT2D eigenvalue weighted by Crippen LogP contribution is -2.39. The van der Waals surface area contributed by atoms with E-state index in [2.05, 4.69) is 19.2 Å². The first kappa shape index (κ1) is 17.3. The SMILES string of the molecule is CC1CCCCC(NC2CCCC(C)CCC2)CCCC1. The summed E-state index contributed by atoms with van der Waals surface area (Å²) in [6, 6.07) is 1.64. The van der Waals surface area contributed by atoms with Crippen molar-refractivity contribution in [2.24, 2.45) is 11.8 Å². The summed E-state index contributed by atoms with van der Waals surface area (Å²) in [5, 5.41) is 4.07. The predicted molar refractivity (Wildman–Crippen MR) is 93.7 cm³/mol. The van der Waals surface area contributed by atoms with Gasteiger partial charge in [0.2, 0.25) is 0 Å². The van der Waals surface area contributed by atoms with Gasteiger partial charge in [-0.05, 0) is 37.5 Å². The van der Waals surface area contributed by atoms with Gasteiger partial charge in [-0.2, -0.15) is 0 Å². The molecule has 0 aliphatic heterocycles. The quantitative estimate of drug-likeness (QED) is 0.651. The molecule has 0 spiro atoms. The van der Waals surface area contributed by atoms with E-state index in [1.165, 1.54) is 89.9 Å². The minimum absolute atomic E-state index is 0.820. The fourth-order valence-corrected chi connectivity index (χ4v) is 4.44. The smallest absolute Gasteiger partial charge is 0.00696 e. The highest BCUT2D eigenvalue weighted by Gasteiger charge is 2.18. The van der Waals surface area contributed by atoms with Crippen molar-refractivity contribution in [1.29, 1.82) is 0 Å². The summed E-state index contributed by atoms with van der Waals surface area (Å²) >= 11 is 0. The number of rotatable bonds is 2. The molecule has 0 atom stereocenters. The van der Waals surface area contributed by atoms with Crippen LogP contribution in [0.3, 0.4) is 0 Å². The number of hydrogen-bond donors (Lipinski definition) is 1. The van der Waals surface area contributed by atoms with E-state index in [0.29, 0.717) is 0 Å². The van der Waals surface area contributed by atoms with Crippen LogP contribution in [-0.4, -0.2) is 12.1 Å². The summed E-state index contributed by atoms with van der Waals surface area (Å²) < 4.78 is 0. The van der Waals surface area contributed by atoms with Crippen LogP contribution in [0.25, 0.3) is 0 Å². The molecule has 0 saturated heterocycles. The van der Waals surface area contributed by atoms with Gasteiger partial charge in [0.05, 0.1) is 0 Å². The standard InChI is InChI=1S/C20H39N/c1-17-9-3-5-13-19(14-6-4-10-17)21-20-15-7-11-18(2)12-8-16-20/h17-21H,3-16H2,1-2H3. The van der Waals surface area contributed by atoms with Crippen molar-refractivity contribution in [2.75, 3.05) is 0 Å². The first-order valence-corrected chi connectivity index (χ1v) is 10.00. The van der Waals surface area contributed by atoms with Crippen LogP contribution in [0.1, 0.15) is 104 Å². The predicted octanol–water partition coefficient (Wildman–Crippen LogP) is 6.07. The summed E-state index contributed by atoms with van der Waals surface area (Å²) in [6.45, 7) is 4.89. The molecular formula is C20H39N. The molecule has 2 aliphatic rings. The Morgan fingerprint density at radius 3 is 1.29 bits per heavy atom. The van der Waals surface area contributed by atoms with Crippen molar-refractivity contribution in [1.82, 2.24) is 5.32 Å². The Hall–Kier alpha value is -0.0400. The molecule has 2 saturated carbocycles. The van der Waals surface area contributed by atoms with Gasteiger partial charge in [-0.15, -0.1) is 0 Å². The molecule has 0 aromatic carbocycles. The summed E-state index contributed by atoms with van der Waals surface area (Å²) in [4.78, 5) is 0. The molecule has 21 heavy (non-hydrogen) atoms. The molecule has 124 valence electrons. The minimum atomic E-state index is 0.820. The monoisotopic (exact) mass is 293 g/mol. The van der Waals surface area contributed by atoms with Gasteiger partial charge in [0.1, 0.15) is 0 Å². The van der Waals surface area contributed by atoms with E-state index in [1.54, 1.807) is 0 Å². The molecule has 0 amide bonds. The normalized spacial score (nSPS) is 37.4. The van der Waals surface area contributed by atoms with Gasteiger partial charge in [-0.25, -0.2) is 0 Å². The maximum Gasteiger partial charge on any atom is 0.00696 e. The third kappa shape index (κ3) is 7.17. The van der Waals surface area contributed by atoms with Crippen molar-refractivity contribution in [3.63, 3.8) is 0 Å². The Labute approximate surface area is 133 Å². The molecule has 2 aliphatic carbocycles. The molecule has 2 rings (SSSR count). The summed E-state index contributed by atoms with van der Waals surface area (Å²) in [6.07, 6.45) is 20.3. The van der Waals surface area contributed by atoms with Crippen LogP contribution in [0, 0.1) is 11.8 Å². The van der Waals surface area contributed by atoms with E-state index < -0.39 is 0 Å². The highest BCUT2D eigenvalue weighted by atomic mass is 14.9. The zero-order valence-electron chi connectivity index (χ0n) is 14.7. The zero-order chi connectivity index (χ0) is 14.9. The molecular weight excluding hydrogens is 254 g/mol. The van der Waals surface area contributed by atoms with E-state index in [9.17, 15) is 0 Å². The lowest BCUT2D eigenvalue weighted by molar-refractivity contribution is 0.292. The van der Waals surface area contributed by atoms with Gasteiger partial charge >= 0.3 is 0 Å². The van der Waals surface area contributed by atoms with Crippen molar-refractivity contribution in [2.45, 2.75) is 116 Å². The van der Waals surface area contributed by atoms with Crippen molar-refractivity contribution in [3.8, 4) is 0 Å². The van der Waals surface area contributed by atoms with E-state index in [4.69, 9.17) is 0 Å². The Morgan fingerprint density at radius 1 is 0.476 bits per heavy atom. The van der Waals surface area contributed by atoms with E-state index in [0.717, 1.165) is 23.9 Å². The van der Waals surface area contributed by atoms with Gasteiger partial charge in [0.25, 0.3) is 0 Å². The Kier molecular flexibility index (Phi) is 8.14. The van der Waals surface area contributed by atoms with Crippen LogP contribution in [0.5, 0.6) is 0 Å². The second kappa shape index (κ2) is 9.87. The molecule has 0 bridgehead atoms. The maximum absolute atomic E-state index is 4.07. The molecule has 2 fully saturated rings. The third-order valence-corrected chi connectivity index (χ3v) is 5.97. The van der Waals surface area contributed by atoms with Gasteiger partial charge < -0.3 is 5.32 Å². The summed E-state index contributed by atoms with van der Waals surface area (Å²) in [7, 11) is 0. The van der Waals surface area contributed by atoms with Crippen LogP contribution >= 0.6 is 0 Å². The molecule has 1 heteroatoms. The molecule has 0 radical (unpaired) electrons. The number of hydrogen-bond acceptors (Lipinski definition) is 1. The lowest BCUT2D eigenvalue weighted by Gasteiger charge is -2.29. The molecule has 1 nitrogen and oxygen atoms in total. The largest absolute Gasteiger partial charge is 0.311 e.